The third kappa shape index (κ3) is 4.76. The standard InChI is InChI=1S/C23H21BrClN5O2.2H2/c24-15-13-17(22(26)27-14-15)21(31)19-7-3-8-20(28-19)29-9-4-10-30(12-11-29)23(32)16-5-1-2-6-18(16)25;;/h1-3,5-8,13-14H,4,9-12H2,(H2,26,27);2*1H. The van der Waals surface area contributed by atoms with Crippen molar-refractivity contribution in [1.29, 1.82) is 0 Å². The molecule has 0 aliphatic carbocycles. The van der Waals surface area contributed by atoms with Gasteiger partial charge in [0.2, 0.25) is 5.78 Å². The molecule has 168 valence electrons. The average molecular weight is 519 g/mol. The second-order valence-electron chi connectivity index (χ2n) is 7.41. The minimum Gasteiger partial charge on any atom is -0.383 e. The van der Waals surface area contributed by atoms with Crippen LogP contribution in [0.4, 0.5) is 11.6 Å². The number of carbonyl (C=O) groups excluding carboxylic acids is 2. The van der Waals surface area contributed by atoms with Gasteiger partial charge in [-0.2, -0.15) is 0 Å². The summed E-state index contributed by atoms with van der Waals surface area (Å²) >= 11 is 9.53. The maximum Gasteiger partial charge on any atom is 0.255 e. The first-order valence-electron chi connectivity index (χ1n) is 10.2. The van der Waals surface area contributed by atoms with Crippen molar-refractivity contribution in [1.82, 2.24) is 14.9 Å². The molecule has 0 atom stereocenters. The quantitative estimate of drug-likeness (QED) is 0.509. The van der Waals surface area contributed by atoms with Gasteiger partial charge in [0.1, 0.15) is 17.3 Å². The predicted octanol–water partition coefficient (Wildman–Crippen LogP) is 4.55. The fraction of sp³-hybridized carbons (Fsp3) is 0.217. The lowest BCUT2D eigenvalue weighted by atomic mass is 10.1. The van der Waals surface area contributed by atoms with Crippen molar-refractivity contribution in [3.63, 3.8) is 0 Å². The van der Waals surface area contributed by atoms with Gasteiger partial charge < -0.3 is 15.5 Å². The molecule has 3 aromatic rings. The van der Waals surface area contributed by atoms with Crippen LogP contribution in [-0.2, 0) is 0 Å². The van der Waals surface area contributed by atoms with Crippen LogP contribution in [0.5, 0.6) is 0 Å². The number of ketones is 1. The normalized spacial score (nSPS) is 14.2. The van der Waals surface area contributed by atoms with Gasteiger partial charge in [-0.1, -0.05) is 29.8 Å². The summed E-state index contributed by atoms with van der Waals surface area (Å²) < 4.78 is 0.669. The van der Waals surface area contributed by atoms with E-state index in [0.29, 0.717) is 51.8 Å². The number of nitrogen functional groups attached to an aromatic ring is 1. The summed E-state index contributed by atoms with van der Waals surface area (Å²) in [6, 6.07) is 14.1. The molecule has 9 heteroatoms. The van der Waals surface area contributed by atoms with E-state index in [1.54, 1.807) is 42.6 Å². The first kappa shape index (κ1) is 22.2. The van der Waals surface area contributed by atoms with Gasteiger partial charge in [-0.25, -0.2) is 9.97 Å². The van der Waals surface area contributed by atoms with E-state index in [4.69, 9.17) is 17.3 Å². The fourth-order valence-corrected chi connectivity index (χ4v) is 4.20. The highest BCUT2D eigenvalue weighted by molar-refractivity contribution is 9.10. The summed E-state index contributed by atoms with van der Waals surface area (Å²) in [4.78, 5) is 38.4. The lowest BCUT2D eigenvalue weighted by Gasteiger charge is -2.23. The summed E-state index contributed by atoms with van der Waals surface area (Å²) in [5.41, 5.74) is 7.00. The smallest absolute Gasteiger partial charge is 0.255 e. The Balaban J connectivity index is 0.00000204. The van der Waals surface area contributed by atoms with Crippen molar-refractivity contribution in [3.8, 4) is 0 Å². The Labute approximate surface area is 202 Å². The molecule has 0 unspecified atom stereocenters. The number of benzene rings is 1. The molecule has 1 aliphatic heterocycles. The molecule has 0 radical (unpaired) electrons. The van der Waals surface area contributed by atoms with Gasteiger partial charge >= 0.3 is 0 Å². The van der Waals surface area contributed by atoms with Gasteiger partial charge in [0.15, 0.2) is 0 Å². The van der Waals surface area contributed by atoms with Crippen molar-refractivity contribution in [2.45, 2.75) is 6.42 Å². The summed E-state index contributed by atoms with van der Waals surface area (Å²) in [5.74, 6) is 0.480. The number of aromatic nitrogens is 2. The van der Waals surface area contributed by atoms with Gasteiger partial charge in [-0.05, 0) is 52.7 Å². The van der Waals surface area contributed by atoms with Crippen LogP contribution in [0.2, 0.25) is 5.02 Å². The molecule has 3 heterocycles. The van der Waals surface area contributed by atoms with E-state index in [1.165, 1.54) is 0 Å². The largest absolute Gasteiger partial charge is 0.383 e. The molecule has 32 heavy (non-hydrogen) atoms. The Morgan fingerprint density at radius 3 is 2.66 bits per heavy atom. The zero-order valence-electron chi connectivity index (χ0n) is 17.2. The van der Waals surface area contributed by atoms with Crippen LogP contribution in [0.25, 0.3) is 0 Å². The Kier molecular flexibility index (Phi) is 6.72. The number of amides is 1. The second kappa shape index (κ2) is 9.67. The molecule has 0 spiro atoms. The zero-order valence-corrected chi connectivity index (χ0v) is 19.5. The molecule has 2 aromatic heterocycles. The van der Waals surface area contributed by atoms with Crippen LogP contribution in [0.3, 0.4) is 0 Å². The third-order valence-corrected chi connectivity index (χ3v) is 6.07. The van der Waals surface area contributed by atoms with Crippen LogP contribution in [-0.4, -0.2) is 52.7 Å². The number of nitrogens with two attached hydrogens (primary N) is 1. The van der Waals surface area contributed by atoms with Crippen LogP contribution in [0.1, 0.15) is 35.7 Å². The molecular weight excluding hydrogens is 494 g/mol. The third-order valence-electron chi connectivity index (χ3n) is 5.31. The fourth-order valence-electron chi connectivity index (χ4n) is 3.65. The van der Waals surface area contributed by atoms with E-state index in [0.717, 1.165) is 13.0 Å². The van der Waals surface area contributed by atoms with Crippen molar-refractivity contribution in [3.05, 3.63) is 81.0 Å². The van der Waals surface area contributed by atoms with Gasteiger partial charge in [0.05, 0.1) is 16.1 Å². The number of pyridine rings is 2. The van der Waals surface area contributed by atoms with Crippen molar-refractivity contribution in [2.75, 3.05) is 36.8 Å². The van der Waals surface area contributed by atoms with E-state index in [9.17, 15) is 9.59 Å². The molecule has 7 nitrogen and oxygen atoms in total. The lowest BCUT2D eigenvalue weighted by Crippen LogP contribution is -2.35. The Hall–Kier alpha value is -2.97. The van der Waals surface area contributed by atoms with Crippen molar-refractivity contribution < 1.29 is 12.4 Å². The zero-order chi connectivity index (χ0) is 22.7. The number of halogens is 2. The van der Waals surface area contributed by atoms with Crippen LogP contribution >= 0.6 is 27.5 Å². The summed E-state index contributed by atoms with van der Waals surface area (Å²) in [7, 11) is 0. The maximum absolute atomic E-state index is 13.0. The molecule has 1 aromatic carbocycles. The molecule has 1 amide bonds. The topological polar surface area (TPSA) is 92.4 Å². The highest BCUT2D eigenvalue weighted by Gasteiger charge is 2.23. The first-order chi connectivity index (χ1) is 15.4. The predicted molar refractivity (Wildman–Crippen MR) is 132 cm³/mol. The van der Waals surface area contributed by atoms with E-state index >= 15 is 0 Å². The first-order valence-corrected chi connectivity index (χ1v) is 11.3. The summed E-state index contributed by atoms with van der Waals surface area (Å²) in [6.07, 6.45) is 2.32. The molecule has 1 saturated heterocycles. The van der Waals surface area contributed by atoms with E-state index in [-0.39, 0.29) is 20.4 Å². The number of anilines is 2. The van der Waals surface area contributed by atoms with Crippen molar-refractivity contribution in [2.24, 2.45) is 0 Å². The Bertz CT molecular complexity index is 1180. The minimum absolute atomic E-state index is 0. The number of hydrogen-bond acceptors (Lipinski definition) is 6. The van der Waals surface area contributed by atoms with E-state index < -0.39 is 0 Å². The molecule has 4 rings (SSSR count). The molecule has 2 N–H and O–H groups in total. The van der Waals surface area contributed by atoms with Gasteiger partial charge in [0, 0.05) is 39.7 Å². The Morgan fingerprint density at radius 2 is 1.84 bits per heavy atom. The molecular formula is C23H25BrClN5O2. The second-order valence-corrected chi connectivity index (χ2v) is 8.73. The van der Waals surface area contributed by atoms with Gasteiger partial charge in [-0.3, -0.25) is 9.59 Å². The maximum atomic E-state index is 13.0. The van der Waals surface area contributed by atoms with Crippen LogP contribution < -0.4 is 10.6 Å². The number of hydrogen-bond donors (Lipinski definition) is 1. The highest BCUT2D eigenvalue weighted by Crippen LogP contribution is 2.22. The molecule has 0 saturated carbocycles. The summed E-state index contributed by atoms with van der Waals surface area (Å²) in [5, 5.41) is 0.452. The van der Waals surface area contributed by atoms with Gasteiger partial charge in [-0.15, -0.1) is 0 Å². The summed E-state index contributed by atoms with van der Waals surface area (Å²) in [6.45, 7) is 2.48. The minimum atomic E-state index is -0.288. The molecule has 1 fully saturated rings. The average Bonchev–Trinajstić information content (AvgIpc) is 3.06. The van der Waals surface area contributed by atoms with Crippen molar-refractivity contribution >= 4 is 50.9 Å². The monoisotopic (exact) mass is 517 g/mol. The van der Waals surface area contributed by atoms with Crippen LogP contribution in [0, 0.1) is 0 Å². The molecule has 0 bridgehead atoms. The number of carbonyl (C=O) groups is 2. The van der Waals surface area contributed by atoms with Crippen LogP contribution in [0.15, 0.2) is 59.2 Å². The SMILES string of the molecule is Nc1ncc(Br)cc1C(=O)c1cccc(N2CCCN(C(=O)c3ccccc3Cl)CC2)n1.[HH].[HH]. The Morgan fingerprint density at radius 1 is 1.03 bits per heavy atom. The van der Waals surface area contributed by atoms with E-state index in [2.05, 4.69) is 30.8 Å². The number of rotatable bonds is 4. The highest BCUT2D eigenvalue weighted by atomic mass is 79.9. The van der Waals surface area contributed by atoms with E-state index in [1.807, 2.05) is 17.0 Å². The van der Waals surface area contributed by atoms with Gasteiger partial charge in [0.25, 0.3) is 5.91 Å². The molecule has 1 aliphatic rings. The number of nitrogens with zero attached hydrogens (tertiary/aromatic N) is 4. The lowest BCUT2D eigenvalue weighted by molar-refractivity contribution is 0.0767.